The molecule has 0 fully saturated rings. The van der Waals surface area contributed by atoms with E-state index in [0.29, 0.717) is 18.0 Å². The molecule has 146 valence electrons. The van der Waals surface area contributed by atoms with Crippen molar-refractivity contribution in [2.45, 2.75) is 52.9 Å². The van der Waals surface area contributed by atoms with Crippen LogP contribution >= 0.6 is 0 Å². The molecule has 0 bridgehead atoms. The third-order valence-electron chi connectivity index (χ3n) is 4.08. The number of amides is 1. The van der Waals surface area contributed by atoms with Crippen molar-refractivity contribution < 1.29 is 19.0 Å². The fourth-order valence-electron chi connectivity index (χ4n) is 2.66. The molecule has 0 aliphatic heterocycles. The molecule has 1 N–H and O–H groups in total. The minimum Gasteiger partial charge on any atom is -0.493 e. The summed E-state index contributed by atoms with van der Waals surface area (Å²) in [6, 6.07) is 13.4. The van der Waals surface area contributed by atoms with E-state index in [9.17, 15) is 4.79 Å². The standard InChI is InChI=1S/C22H29NO4/c1-6-18-9-7-8-10-19(18)27-16(4)22(24)23-14-17-11-12-20(26-15(2)3)21(13-17)25-5/h7-13,15-16H,6,14H2,1-5H3,(H,23,24). The van der Waals surface area contributed by atoms with Gasteiger partial charge in [0.15, 0.2) is 17.6 Å². The summed E-state index contributed by atoms with van der Waals surface area (Å²) in [7, 11) is 1.60. The van der Waals surface area contributed by atoms with Gasteiger partial charge in [0, 0.05) is 6.54 Å². The normalized spacial score (nSPS) is 11.8. The SMILES string of the molecule is CCc1ccccc1OC(C)C(=O)NCc1ccc(OC(C)C)c(OC)c1. The molecular formula is C22H29NO4. The lowest BCUT2D eigenvalue weighted by atomic mass is 10.1. The first-order chi connectivity index (χ1) is 12.9. The molecule has 5 heteroatoms. The van der Waals surface area contributed by atoms with Crippen molar-refractivity contribution >= 4 is 5.91 Å². The molecule has 2 rings (SSSR count). The maximum Gasteiger partial charge on any atom is 0.261 e. The van der Waals surface area contributed by atoms with Crippen LogP contribution in [0.5, 0.6) is 17.2 Å². The third kappa shape index (κ3) is 5.91. The van der Waals surface area contributed by atoms with Crippen LogP contribution in [0, 0.1) is 0 Å². The number of nitrogens with one attached hydrogen (secondary N) is 1. The topological polar surface area (TPSA) is 56.8 Å². The molecule has 0 heterocycles. The van der Waals surface area contributed by atoms with Gasteiger partial charge in [0.1, 0.15) is 5.75 Å². The highest BCUT2D eigenvalue weighted by atomic mass is 16.5. The summed E-state index contributed by atoms with van der Waals surface area (Å²) in [5.41, 5.74) is 2.01. The zero-order chi connectivity index (χ0) is 19.8. The summed E-state index contributed by atoms with van der Waals surface area (Å²) >= 11 is 0. The Morgan fingerprint density at radius 1 is 1.00 bits per heavy atom. The zero-order valence-corrected chi connectivity index (χ0v) is 16.7. The molecule has 0 aliphatic carbocycles. The van der Waals surface area contributed by atoms with Crippen LogP contribution in [0.15, 0.2) is 42.5 Å². The van der Waals surface area contributed by atoms with Crippen LogP contribution in [0.2, 0.25) is 0 Å². The van der Waals surface area contributed by atoms with E-state index < -0.39 is 6.10 Å². The third-order valence-corrected chi connectivity index (χ3v) is 4.08. The summed E-state index contributed by atoms with van der Waals surface area (Å²) in [6.07, 6.45) is 0.339. The molecule has 27 heavy (non-hydrogen) atoms. The van der Waals surface area contributed by atoms with E-state index in [-0.39, 0.29) is 12.0 Å². The average Bonchev–Trinajstić information content (AvgIpc) is 2.66. The van der Waals surface area contributed by atoms with Gasteiger partial charge in [-0.2, -0.15) is 0 Å². The van der Waals surface area contributed by atoms with Gasteiger partial charge in [0.05, 0.1) is 13.2 Å². The average molecular weight is 371 g/mol. The molecule has 2 aromatic carbocycles. The van der Waals surface area contributed by atoms with Crippen LogP contribution in [0.4, 0.5) is 0 Å². The zero-order valence-electron chi connectivity index (χ0n) is 16.7. The Balaban J connectivity index is 1.96. The van der Waals surface area contributed by atoms with Crippen LogP contribution in [0.3, 0.4) is 0 Å². The highest BCUT2D eigenvalue weighted by Crippen LogP contribution is 2.29. The molecule has 5 nitrogen and oxygen atoms in total. The first-order valence-electron chi connectivity index (χ1n) is 9.30. The smallest absolute Gasteiger partial charge is 0.261 e. The minimum absolute atomic E-state index is 0.0634. The van der Waals surface area contributed by atoms with Crippen molar-refractivity contribution in [2.75, 3.05) is 7.11 Å². The predicted molar refractivity (Wildman–Crippen MR) is 107 cm³/mol. The second kappa shape index (κ2) is 9.86. The van der Waals surface area contributed by atoms with Crippen molar-refractivity contribution in [2.24, 2.45) is 0 Å². The molecule has 0 aliphatic rings. The Morgan fingerprint density at radius 3 is 2.41 bits per heavy atom. The molecule has 0 radical (unpaired) electrons. The summed E-state index contributed by atoms with van der Waals surface area (Å²) in [4.78, 5) is 12.4. The first-order valence-corrected chi connectivity index (χ1v) is 9.30. The van der Waals surface area contributed by atoms with Crippen molar-refractivity contribution in [1.82, 2.24) is 5.32 Å². The number of ether oxygens (including phenoxy) is 3. The minimum atomic E-state index is -0.580. The van der Waals surface area contributed by atoms with Crippen molar-refractivity contribution in [3.8, 4) is 17.2 Å². The lowest BCUT2D eigenvalue weighted by Crippen LogP contribution is -2.36. The number of benzene rings is 2. The van der Waals surface area contributed by atoms with E-state index in [1.807, 2.05) is 56.3 Å². The number of carbonyl (C=O) groups is 1. The van der Waals surface area contributed by atoms with E-state index in [4.69, 9.17) is 14.2 Å². The van der Waals surface area contributed by atoms with Crippen molar-refractivity contribution in [1.29, 1.82) is 0 Å². The molecule has 0 saturated heterocycles. The van der Waals surface area contributed by atoms with Gasteiger partial charge in [-0.1, -0.05) is 31.2 Å². The van der Waals surface area contributed by atoms with Gasteiger partial charge in [-0.15, -0.1) is 0 Å². The van der Waals surface area contributed by atoms with E-state index >= 15 is 0 Å². The van der Waals surface area contributed by atoms with Crippen LogP contribution in [-0.4, -0.2) is 25.2 Å². The molecule has 0 spiro atoms. The van der Waals surface area contributed by atoms with Crippen LogP contribution in [0.1, 0.15) is 38.8 Å². The lowest BCUT2D eigenvalue weighted by molar-refractivity contribution is -0.127. The summed E-state index contributed by atoms with van der Waals surface area (Å²) in [6.45, 7) is 8.13. The number of methoxy groups -OCH3 is 1. The Hall–Kier alpha value is -2.69. The van der Waals surface area contributed by atoms with E-state index in [0.717, 1.165) is 23.3 Å². The van der Waals surface area contributed by atoms with Gasteiger partial charge >= 0.3 is 0 Å². The van der Waals surface area contributed by atoms with E-state index in [2.05, 4.69) is 12.2 Å². The Kier molecular flexibility index (Phi) is 7.53. The van der Waals surface area contributed by atoms with Crippen LogP contribution in [0.25, 0.3) is 0 Å². The highest BCUT2D eigenvalue weighted by Gasteiger charge is 2.16. The van der Waals surface area contributed by atoms with Crippen molar-refractivity contribution in [3.05, 3.63) is 53.6 Å². The second-order valence-corrected chi connectivity index (χ2v) is 6.59. The van der Waals surface area contributed by atoms with E-state index in [1.54, 1.807) is 14.0 Å². The first kappa shape index (κ1) is 20.6. The van der Waals surface area contributed by atoms with E-state index in [1.165, 1.54) is 0 Å². The van der Waals surface area contributed by atoms with Crippen LogP contribution < -0.4 is 19.5 Å². The Labute approximate surface area is 161 Å². The number of hydrogen-bond donors (Lipinski definition) is 1. The Morgan fingerprint density at radius 2 is 1.74 bits per heavy atom. The molecule has 0 aromatic heterocycles. The number of hydrogen-bond acceptors (Lipinski definition) is 4. The molecule has 1 unspecified atom stereocenters. The fourth-order valence-corrected chi connectivity index (χ4v) is 2.66. The summed E-state index contributed by atoms with van der Waals surface area (Å²) < 4.78 is 16.9. The van der Waals surface area contributed by atoms with Gasteiger partial charge < -0.3 is 19.5 Å². The van der Waals surface area contributed by atoms with Gasteiger partial charge in [0.25, 0.3) is 5.91 Å². The maximum absolute atomic E-state index is 12.4. The Bertz CT molecular complexity index is 758. The lowest BCUT2D eigenvalue weighted by Gasteiger charge is -2.17. The van der Waals surface area contributed by atoms with Crippen molar-refractivity contribution in [3.63, 3.8) is 0 Å². The summed E-state index contributed by atoms with van der Waals surface area (Å²) in [5.74, 6) is 1.92. The predicted octanol–water partition coefficient (Wildman–Crippen LogP) is 4.13. The van der Waals surface area contributed by atoms with Crippen LogP contribution in [-0.2, 0) is 17.8 Å². The number of para-hydroxylation sites is 1. The molecular weight excluding hydrogens is 342 g/mol. The van der Waals surface area contributed by atoms with Gasteiger partial charge in [-0.25, -0.2) is 0 Å². The molecule has 2 aromatic rings. The highest BCUT2D eigenvalue weighted by molar-refractivity contribution is 5.80. The molecule has 1 amide bonds. The quantitative estimate of drug-likeness (QED) is 0.720. The number of rotatable bonds is 9. The number of carbonyl (C=O) groups excluding carboxylic acids is 1. The van der Waals surface area contributed by atoms with Gasteiger partial charge in [0.2, 0.25) is 0 Å². The molecule has 0 saturated carbocycles. The van der Waals surface area contributed by atoms with Gasteiger partial charge in [-0.05, 0) is 56.5 Å². The number of aryl methyl sites for hydroxylation is 1. The fraction of sp³-hybridized carbons (Fsp3) is 0.409. The monoisotopic (exact) mass is 371 g/mol. The summed E-state index contributed by atoms with van der Waals surface area (Å²) in [5, 5.41) is 2.91. The molecule has 1 atom stereocenters. The maximum atomic E-state index is 12.4. The largest absolute Gasteiger partial charge is 0.493 e. The second-order valence-electron chi connectivity index (χ2n) is 6.59. The van der Waals surface area contributed by atoms with Gasteiger partial charge in [-0.3, -0.25) is 4.79 Å².